The maximum absolute atomic E-state index is 12.1. The van der Waals surface area contributed by atoms with Crippen LogP contribution in [0.1, 0.15) is 43.2 Å². The Morgan fingerprint density at radius 1 is 1.18 bits per heavy atom. The normalized spacial score (nSPS) is 18.9. The van der Waals surface area contributed by atoms with E-state index in [4.69, 9.17) is 4.74 Å². The zero-order chi connectivity index (χ0) is 23.9. The van der Waals surface area contributed by atoms with Crippen LogP contribution in [0.2, 0.25) is 0 Å². The van der Waals surface area contributed by atoms with Gasteiger partial charge in [-0.1, -0.05) is 0 Å². The van der Waals surface area contributed by atoms with Crippen molar-refractivity contribution in [3.63, 3.8) is 0 Å². The summed E-state index contributed by atoms with van der Waals surface area (Å²) in [6.07, 6.45) is 13.3. The topological polar surface area (TPSA) is 67.6 Å². The summed E-state index contributed by atoms with van der Waals surface area (Å²) in [4.78, 5) is 18.9. The van der Waals surface area contributed by atoms with Gasteiger partial charge in [-0.15, -0.1) is 0 Å². The number of likely N-dealkylation sites (tertiary alicyclic amines) is 1. The van der Waals surface area contributed by atoms with Gasteiger partial charge in [0.2, 0.25) is 0 Å². The van der Waals surface area contributed by atoms with Gasteiger partial charge in [-0.05, 0) is 105 Å². The number of benzene rings is 1. The molecule has 34 heavy (non-hydrogen) atoms. The first-order valence-electron chi connectivity index (χ1n) is 12.5. The molecular weight excluding hydrogens is 426 g/mol. The molecule has 0 saturated carbocycles. The highest BCUT2D eigenvalue weighted by Gasteiger charge is 2.33. The minimum Gasteiger partial charge on any atom is -0.497 e. The highest BCUT2D eigenvalue weighted by atomic mass is 16.5. The molecule has 3 aromatic rings. The van der Waals surface area contributed by atoms with Gasteiger partial charge in [0, 0.05) is 37.6 Å². The third-order valence-electron chi connectivity index (χ3n) is 7.30. The van der Waals surface area contributed by atoms with Crippen molar-refractivity contribution < 1.29 is 14.6 Å². The van der Waals surface area contributed by atoms with Crippen molar-refractivity contribution in [1.29, 1.82) is 0 Å². The van der Waals surface area contributed by atoms with Crippen LogP contribution >= 0.6 is 0 Å². The van der Waals surface area contributed by atoms with Crippen LogP contribution < -0.4 is 4.74 Å². The molecule has 0 spiro atoms. The predicted molar refractivity (Wildman–Crippen MR) is 135 cm³/mol. The second kappa shape index (κ2) is 11.5. The Kier molecular flexibility index (Phi) is 8.22. The van der Waals surface area contributed by atoms with E-state index in [1.165, 1.54) is 11.1 Å². The molecule has 1 aliphatic heterocycles. The standard InChI is InChI=1S/C28H37N3O3/c1-30-16-12-21(19-30)6-3-4-15-31-17-13-23(26(20-31)28(32)33)8-5-7-22-11-14-29-27-10-9-24(34-2)18-25(22)27/h9-12,14,16,18-19,23,26H,3-8,13,15,17,20H2,1-2H3,(H,32,33)/t23-,26+/m1/s1. The maximum Gasteiger partial charge on any atom is 0.308 e. The first-order valence-corrected chi connectivity index (χ1v) is 12.5. The summed E-state index contributed by atoms with van der Waals surface area (Å²) in [6.45, 7) is 2.68. The number of carboxylic acids is 1. The third kappa shape index (κ3) is 6.17. The van der Waals surface area contributed by atoms with E-state index < -0.39 is 5.97 Å². The zero-order valence-electron chi connectivity index (χ0n) is 20.4. The zero-order valence-corrected chi connectivity index (χ0v) is 20.4. The van der Waals surface area contributed by atoms with Gasteiger partial charge in [0.15, 0.2) is 0 Å². The average Bonchev–Trinajstić information content (AvgIpc) is 3.27. The fraction of sp³-hybridized carbons (Fsp3) is 0.500. The highest BCUT2D eigenvalue weighted by Crippen LogP contribution is 2.30. The van der Waals surface area contributed by atoms with Crippen molar-refractivity contribution in [2.24, 2.45) is 18.9 Å². The van der Waals surface area contributed by atoms with Gasteiger partial charge in [0.1, 0.15) is 5.75 Å². The number of ether oxygens (including phenoxy) is 1. The number of hydrogen-bond donors (Lipinski definition) is 1. The molecule has 2 aromatic heterocycles. The number of methoxy groups -OCH3 is 1. The summed E-state index contributed by atoms with van der Waals surface area (Å²) in [7, 11) is 3.73. The van der Waals surface area contributed by atoms with Crippen LogP contribution in [0.3, 0.4) is 0 Å². The van der Waals surface area contributed by atoms with Crippen molar-refractivity contribution in [2.45, 2.75) is 44.9 Å². The summed E-state index contributed by atoms with van der Waals surface area (Å²) in [5.41, 5.74) is 3.61. The molecule has 1 saturated heterocycles. The van der Waals surface area contributed by atoms with Gasteiger partial charge in [-0.25, -0.2) is 0 Å². The van der Waals surface area contributed by atoms with Crippen molar-refractivity contribution in [3.8, 4) is 5.75 Å². The van der Waals surface area contributed by atoms with Crippen molar-refractivity contribution in [3.05, 3.63) is 60.0 Å². The van der Waals surface area contributed by atoms with Crippen LogP contribution in [0.4, 0.5) is 0 Å². The van der Waals surface area contributed by atoms with E-state index in [2.05, 4.69) is 46.0 Å². The molecule has 6 heteroatoms. The van der Waals surface area contributed by atoms with Gasteiger partial charge < -0.3 is 19.3 Å². The van der Waals surface area contributed by atoms with Gasteiger partial charge in [0.25, 0.3) is 0 Å². The summed E-state index contributed by atoms with van der Waals surface area (Å²) < 4.78 is 7.48. The quantitative estimate of drug-likeness (QED) is 0.408. The van der Waals surface area contributed by atoms with Crippen LogP contribution in [0.25, 0.3) is 10.9 Å². The largest absolute Gasteiger partial charge is 0.497 e. The number of rotatable bonds is 11. The molecule has 1 N–H and O–H groups in total. The first-order chi connectivity index (χ1) is 16.5. The number of aryl methyl sites for hydroxylation is 3. The van der Waals surface area contributed by atoms with Gasteiger partial charge in [-0.3, -0.25) is 9.78 Å². The second-order valence-corrected chi connectivity index (χ2v) is 9.68. The summed E-state index contributed by atoms with van der Waals surface area (Å²) in [5.74, 6) is 0.180. The Balaban J connectivity index is 1.26. The lowest BCUT2D eigenvalue weighted by Gasteiger charge is -2.36. The van der Waals surface area contributed by atoms with E-state index >= 15 is 0 Å². The number of piperidine rings is 1. The predicted octanol–water partition coefficient (Wildman–Crippen LogP) is 4.95. The molecule has 0 radical (unpaired) electrons. The molecule has 0 unspecified atom stereocenters. The molecule has 2 atom stereocenters. The van der Waals surface area contributed by atoms with E-state index in [-0.39, 0.29) is 11.8 Å². The monoisotopic (exact) mass is 463 g/mol. The molecule has 0 aliphatic carbocycles. The lowest BCUT2D eigenvalue weighted by Crippen LogP contribution is -2.44. The van der Waals surface area contributed by atoms with Crippen molar-refractivity contribution >= 4 is 16.9 Å². The summed E-state index contributed by atoms with van der Waals surface area (Å²) in [6, 6.07) is 10.2. The van der Waals surface area contributed by atoms with Crippen LogP contribution in [0.15, 0.2) is 48.9 Å². The van der Waals surface area contributed by atoms with E-state index in [9.17, 15) is 9.90 Å². The molecule has 182 valence electrons. The SMILES string of the molecule is COc1ccc2nccc(CCC[C@@H]3CCN(CCCCc4ccn(C)c4)C[C@@H]3C(=O)O)c2c1. The van der Waals surface area contributed by atoms with E-state index in [1.54, 1.807) is 7.11 Å². The molecule has 3 heterocycles. The molecular formula is C28H37N3O3. The molecule has 4 rings (SSSR count). The van der Waals surface area contributed by atoms with Gasteiger partial charge in [0.05, 0.1) is 18.5 Å². The van der Waals surface area contributed by atoms with E-state index in [0.29, 0.717) is 6.54 Å². The number of carboxylic acid groups (broad SMARTS) is 1. The Morgan fingerprint density at radius 3 is 2.82 bits per heavy atom. The van der Waals surface area contributed by atoms with Gasteiger partial charge in [-0.2, -0.15) is 0 Å². The lowest BCUT2D eigenvalue weighted by atomic mass is 9.81. The van der Waals surface area contributed by atoms with Crippen LogP contribution in [-0.2, 0) is 24.7 Å². The van der Waals surface area contributed by atoms with Crippen LogP contribution in [0, 0.1) is 11.8 Å². The summed E-state index contributed by atoms with van der Waals surface area (Å²) in [5, 5.41) is 11.0. The van der Waals surface area contributed by atoms with E-state index in [1.807, 2.05) is 24.4 Å². The number of carbonyl (C=O) groups is 1. The van der Waals surface area contributed by atoms with Crippen molar-refractivity contribution in [2.75, 3.05) is 26.7 Å². The molecule has 1 aromatic carbocycles. The summed E-state index contributed by atoms with van der Waals surface area (Å²) >= 11 is 0. The lowest BCUT2D eigenvalue weighted by molar-refractivity contribution is -0.146. The average molecular weight is 464 g/mol. The Bertz CT molecular complexity index is 1090. The number of nitrogens with zero attached hydrogens (tertiary/aromatic N) is 3. The fourth-order valence-corrected chi connectivity index (χ4v) is 5.35. The number of aromatic nitrogens is 2. The Morgan fingerprint density at radius 2 is 2.06 bits per heavy atom. The maximum atomic E-state index is 12.1. The number of unbranched alkanes of at least 4 members (excludes halogenated alkanes) is 1. The van der Waals surface area contributed by atoms with E-state index in [0.717, 1.165) is 74.7 Å². The van der Waals surface area contributed by atoms with Gasteiger partial charge >= 0.3 is 5.97 Å². The van der Waals surface area contributed by atoms with Crippen LogP contribution in [-0.4, -0.2) is 52.3 Å². The second-order valence-electron chi connectivity index (χ2n) is 9.68. The number of fused-ring (bicyclic) bond motifs is 1. The van der Waals surface area contributed by atoms with Crippen LogP contribution in [0.5, 0.6) is 5.75 Å². The molecule has 0 amide bonds. The Hall–Kier alpha value is -2.86. The first kappa shape index (κ1) is 24.3. The highest BCUT2D eigenvalue weighted by molar-refractivity contribution is 5.83. The number of hydrogen-bond acceptors (Lipinski definition) is 4. The third-order valence-corrected chi connectivity index (χ3v) is 7.30. The molecule has 1 fully saturated rings. The minimum absolute atomic E-state index is 0.251. The molecule has 1 aliphatic rings. The smallest absolute Gasteiger partial charge is 0.308 e. The molecule has 0 bridgehead atoms. The number of aliphatic carboxylic acids is 1. The van der Waals surface area contributed by atoms with Crippen molar-refractivity contribution in [1.82, 2.24) is 14.5 Å². The number of pyridine rings is 1. The minimum atomic E-state index is -0.641. The molecule has 6 nitrogen and oxygen atoms in total. The Labute approximate surface area is 202 Å². The fourth-order valence-electron chi connectivity index (χ4n) is 5.35.